The first kappa shape index (κ1) is 10.4. The molecule has 1 aromatic rings. The van der Waals surface area contributed by atoms with Gasteiger partial charge in [-0.3, -0.25) is 4.90 Å². The summed E-state index contributed by atoms with van der Waals surface area (Å²) in [5, 5.41) is 7.78. The minimum Gasteiger partial charge on any atom is -0.308 e. The maximum absolute atomic E-state index is 7.78. The molecule has 1 aliphatic heterocycles. The van der Waals surface area contributed by atoms with Gasteiger partial charge in [0, 0.05) is 18.8 Å². The Bertz CT molecular complexity index is 319. The third kappa shape index (κ3) is 3.17. The van der Waals surface area contributed by atoms with Gasteiger partial charge in [-0.05, 0) is 31.4 Å². The average Bonchev–Trinajstić information content (AvgIpc) is 2.44. The van der Waals surface area contributed by atoms with Crippen molar-refractivity contribution in [3.63, 3.8) is 0 Å². The number of likely N-dealkylation sites (tertiary alicyclic amines) is 1. The molecule has 0 saturated carbocycles. The molecule has 0 spiro atoms. The zero-order chi connectivity index (χ0) is 10.5. The van der Waals surface area contributed by atoms with Gasteiger partial charge in [0.1, 0.15) is 0 Å². The summed E-state index contributed by atoms with van der Waals surface area (Å²) < 4.78 is 0. The minimum absolute atomic E-state index is 0.856. The van der Waals surface area contributed by atoms with Crippen LogP contribution in [0.4, 0.5) is 0 Å². The summed E-state index contributed by atoms with van der Waals surface area (Å²) in [5.41, 5.74) is 2.25. The number of rotatable bonds is 2. The van der Waals surface area contributed by atoms with Crippen LogP contribution in [0.1, 0.15) is 24.8 Å². The minimum atomic E-state index is 0.856. The summed E-state index contributed by atoms with van der Waals surface area (Å²) in [6, 6.07) is 10.5. The van der Waals surface area contributed by atoms with Crippen molar-refractivity contribution in [1.82, 2.24) is 4.90 Å². The molecule has 1 saturated heterocycles. The molecule has 2 heteroatoms. The molecule has 0 aromatic heterocycles. The maximum atomic E-state index is 7.78. The Morgan fingerprint density at radius 3 is 2.73 bits per heavy atom. The molecular formula is C13H18N2. The average molecular weight is 202 g/mol. The van der Waals surface area contributed by atoms with Crippen LogP contribution < -0.4 is 0 Å². The van der Waals surface area contributed by atoms with E-state index in [0.29, 0.717) is 0 Å². The van der Waals surface area contributed by atoms with E-state index in [1.807, 2.05) is 6.07 Å². The van der Waals surface area contributed by atoms with Crippen molar-refractivity contribution in [2.45, 2.75) is 25.8 Å². The molecule has 1 heterocycles. The van der Waals surface area contributed by atoms with Crippen LogP contribution in [0.25, 0.3) is 0 Å². The zero-order valence-corrected chi connectivity index (χ0v) is 9.08. The van der Waals surface area contributed by atoms with Gasteiger partial charge >= 0.3 is 0 Å². The van der Waals surface area contributed by atoms with Gasteiger partial charge in [0.2, 0.25) is 0 Å². The van der Waals surface area contributed by atoms with Crippen molar-refractivity contribution < 1.29 is 0 Å². The van der Waals surface area contributed by atoms with Crippen molar-refractivity contribution in [2.75, 3.05) is 13.1 Å². The standard InChI is InChI=1S/C13H18N2/c14-13-8-4-5-9-15(11-13)10-12-6-2-1-3-7-12/h1-3,6-7,14H,4-5,8-11H2. The molecular weight excluding hydrogens is 184 g/mol. The van der Waals surface area contributed by atoms with Gasteiger partial charge in [-0.25, -0.2) is 0 Å². The van der Waals surface area contributed by atoms with E-state index in [9.17, 15) is 0 Å². The molecule has 2 rings (SSSR count). The number of benzene rings is 1. The predicted molar refractivity (Wildman–Crippen MR) is 63.3 cm³/mol. The highest BCUT2D eigenvalue weighted by Crippen LogP contribution is 2.11. The summed E-state index contributed by atoms with van der Waals surface area (Å²) in [5.74, 6) is 0. The second-order valence-corrected chi connectivity index (χ2v) is 4.26. The predicted octanol–water partition coefficient (Wildman–Crippen LogP) is 2.69. The van der Waals surface area contributed by atoms with Crippen molar-refractivity contribution in [1.29, 1.82) is 5.41 Å². The molecule has 0 bridgehead atoms. The van der Waals surface area contributed by atoms with Crippen LogP contribution in [0.5, 0.6) is 0 Å². The highest BCUT2D eigenvalue weighted by molar-refractivity contribution is 5.83. The second kappa shape index (κ2) is 5.08. The van der Waals surface area contributed by atoms with E-state index >= 15 is 0 Å². The van der Waals surface area contributed by atoms with E-state index in [-0.39, 0.29) is 0 Å². The molecule has 1 fully saturated rings. The molecule has 1 aliphatic rings. The van der Waals surface area contributed by atoms with Gasteiger partial charge in [-0.15, -0.1) is 0 Å². The molecule has 15 heavy (non-hydrogen) atoms. The monoisotopic (exact) mass is 202 g/mol. The Hall–Kier alpha value is -1.15. The molecule has 0 aliphatic carbocycles. The van der Waals surface area contributed by atoms with E-state index in [0.717, 1.165) is 31.8 Å². The third-order valence-corrected chi connectivity index (χ3v) is 2.87. The molecule has 0 unspecified atom stereocenters. The van der Waals surface area contributed by atoms with Gasteiger partial charge in [0.25, 0.3) is 0 Å². The number of nitrogens with zero attached hydrogens (tertiary/aromatic N) is 1. The lowest BCUT2D eigenvalue weighted by molar-refractivity contribution is 0.305. The second-order valence-electron chi connectivity index (χ2n) is 4.26. The molecule has 0 atom stereocenters. The number of nitrogens with one attached hydrogen (secondary N) is 1. The first-order valence-electron chi connectivity index (χ1n) is 5.67. The van der Waals surface area contributed by atoms with Crippen LogP contribution in [0.15, 0.2) is 30.3 Å². The Balaban J connectivity index is 1.96. The van der Waals surface area contributed by atoms with Crippen molar-refractivity contribution in [3.05, 3.63) is 35.9 Å². The Kier molecular flexibility index (Phi) is 3.51. The summed E-state index contributed by atoms with van der Waals surface area (Å²) in [4.78, 5) is 2.38. The topological polar surface area (TPSA) is 27.1 Å². The summed E-state index contributed by atoms with van der Waals surface area (Å²) in [6.45, 7) is 2.98. The summed E-state index contributed by atoms with van der Waals surface area (Å²) in [7, 11) is 0. The van der Waals surface area contributed by atoms with Crippen LogP contribution >= 0.6 is 0 Å². The van der Waals surface area contributed by atoms with E-state index < -0.39 is 0 Å². The van der Waals surface area contributed by atoms with Gasteiger partial charge < -0.3 is 5.41 Å². The Labute approximate surface area is 91.4 Å². The van der Waals surface area contributed by atoms with Crippen molar-refractivity contribution in [2.24, 2.45) is 0 Å². The van der Waals surface area contributed by atoms with Crippen LogP contribution in [0.3, 0.4) is 0 Å². The number of hydrogen-bond acceptors (Lipinski definition) is 2. The fraction of sp³-hybridized carbons (Fsp3) is 0.462. The van der Waals surface area contributed by atoms with E-state index in [1.54, 1.807) is 0 Å². The fourth-order valence-electron chi connectivity index (χ4n) is 2.08. The lowest BCUT2D eigenvalue weighted by Crippen LogP contribution is -2.27. The quantitative estimate of drug-likeness (QED) is 0.784. The van der Waals surface area contributed by atoms with Gasteiger partial charge in [-0.1, -0.05) is 30.3 Å². The fourth-order valence-corrected chi connectivity index (χ4v) is 2.08. The largest absolute Gasteiger partial charge is 0.308 e. The lowest BCUT2D eigenvalue weighted by atomic mass is 10.2. The van der Waals surface area contributed by atoms with Gasteiger partial charge in [0.05, 0.1) is 0 Å². The zero-order valence-electron chi connectivity index (χ0n) is 9.08. The van der Waals surface area contributed by atoms with Crippen molar-refractivity contribution >= 4 is 5.71 Å². The summed E-state index contributed by atoms with van der Waals surface area (Å²) >= 11 is 0. The van der Waals surface area contributed by atoms with Crippen LogP contribution in [-0.2, 0) is 6.54 Å². The highest BCUT2D eigenvalue weighted by atomic mass is 15.1. The Morgan fingerprint density at radius 2 is 1.93 bits per heavy atom. The molecule has 1 N–H and O–H groups in total. The molecule has 0 radical (unpaired) electrons. The number of hydrogen-bond donors (Lipinski definition) is 1. The van der Waals surface area contributed by atoms with Gasteiger partial charge in [0.15, 0.2) is 0 Å². The molecule has 1 aromatic carbocycles. The molecule has 2 nitrogen and oxygen atoms in total. The Morgan fingerprint density at radius 1 is 1.13 bits per heavy atom. The van der Waals surface area contributed by atoms with Crippen LogP contribution in [0, 0.1) is 5.41 Å². The highest BCUT2D eigenvalue weighted by Gasteiger charge is 2.12. The van der Waals surface area contributed by atoms with Crippen molar-refractivity contribution in [3.8, 4) is 0 Å². The van der Waals surface area contributed by atoms with E-state index in [4.69, 9.17) is 5.41 Å². The van der Waals surface area contributed by atoms with Gasteiger partial charge in [-0.2, -0.15) is 0 Å². The normalized spacial score (nSPS) is 18.8. The first-order valence-corrected chi connectivity index (χ1v) is 5.67. The maximum Gasteiger partial charge on any atom is 0.0364 e. The van der Waals surface area contributed by atoms with Crippen LogP contribution in [-0.4, -0.2) is 23.7 Å². The smallest absolute Gasteiger partial charge is 0.0364 e. The third-order valence-electron chi connectivity index (χ3n) is 2.87. The summed E-state index contributed by atoms with van der Waals surface area (Å²) in [6.07, 6.45) is 3.41. The van der Waals surface area contributed by atoms with Crippen LogP contribution in [0.2, 0.25) is 0 Å². The lowest BCUT2D eigenvalue weighted by Gasteiger charge is -2.19. The molecule has 80 valence electrons. The van der Waals surface area contributed by atoms with E-state index in [2.05, 4.69) is 29.2 Å². The molecule has 0 amide bonds. The van der Waals surface area contributed by atoms with E-state index in [1.165, 1.54) is 18.4 Å². The SMILES string of the molecule is N=C1CCCCN(Cc2ccccc2)C1. The first-order chi connectivity index (χ1) is 7.34.